The molecule has 0 saturated carbocycles. The van der Waals surface area contributed by atoms with Gasteiger partial charge in [0, 0.05) is 0 Å². The molecule has 5 nitrogen and oxygen atoms in total. The summed E-state index contributed by atoms with van der Waals surface area (Å²) in [6.45, 7) is 4.27. The van der Waals surface area contributed by atoms with Crippen LogP contribution in [0.1, 0.15) is 303 Å². The Morgan fingerprint density at radius 1 is 0.351 bits per heavy atom. The lowest BCUT2D eigenvalue weighted by Gasteiger charge is -2.23. The van der Waals surface area contributed by atoms with Gasteiger partial charge in [-0.15, -0.1) is 0 Å². The number of aliphatic hydroxyl groups is 3. The van der Waals surface area contributed by atoms with Crippen molar-refractivity contribution in [3.63, 3.8) is 0 Å². The fraction of sp³-hybridized carbons (Fsp3) is 0.981. The summed E-state index contributed by atoms with van der Waals surface area (Å²) in [5.74, 6) is -0.463. The largest absolute Gasteiger partial charge is 0.394 e. The van der Waals surface area contributed by atoms with Crippen molar-refractivity contribution in [1.82, 2.24) is 5.32 Å². The Kier molecular flexibility index (Phi) is 47.5. The first-order valence-electron chi connectivity index (χ1n) is 26.3. The fourth-order valence-corrected chi connectivity index (χ4v) is 8.61. The van der Waals surface area contributed by atoms with Crippen LogP contribution in [-0.2, 0) is 4.79 Å². The molecule has 0 rings (SSSR count). The van der Waals surface area contributed by atoms with E-state index in [0.717, 1.165) is 32.1 Å². The average Bonchev–Trinajstić information content (AvgIpc) is 3.22. The number of aliphatic hydroxyl groups excluding tert-OH is 3. The lowest BCUT2D eigenvalue weighted by molar-refractivity contribution is -0.131. The van der Waals surface area contributed by atoms with Crippen LogP contribution in [0.25, 0.3) is 0 Å². The van der Waals surface area contributed by atoms with Crippen LogP contribution in [0.4, 0.5) is 0 Å². The quantitative estimate of drug-likeness (QED) is 0.0461. The summed E-state index contributed by atoms with van der Waals surface area (Å²) in [7, 11) is 0. The molecule has 0 bridgehead atoms. The summed E-state index contributed by atoms with van der Waals surface area (Å²) >= 11 is 0. The maximum atomic E-state index is 12.5. The molecular weight excluding hydrogens is 703 g/mol. The molecule has 0 aliphatic heterocycles. The summed E-state index contributed by atoms with van der Waals surface area (Å²) in [4.78, 5) is 12.5. The van der Waals surface area contributed by atoms with Gasteiger partial charge in [0.2, 0.25) is 5.91 Å². The Bertz CT molecular complexity index is 762. The monoisotopic (exact) mass is 808 g/mol. The lowest BCUT2D eigenvalue weighted by Crippen LogP contribution is -2.49. The Hall–Kier alpha value is -0.650. The SMILES string of the molecule is CCCCCCCCCCCCCCCCCCCCCCCCC(O)C(=O)NC(CO)C(O)CCCCCCCCCCCCCCCCCCCCCCC. The van der Waals surface area contributed by atoms with Gasteiger partial charge in [0.1, 0.15) is 6.10 Å². The van der Waals surface area contributed by atoms with Gasteiger partial charge in [-0.2, -0.15) is 0 Å². The van der Waals surface area contributed by atoms with Gasteiger partial charge < -0.3 is 20.6 Å². The minimum Gasteiger partial charge on any atom is -0.394 e. The van der Waals surface area contributed by atoms with Crippen LogP contribution in [0, 0.1) is 0 Å². The van der Waals surface area contributed by atoms with Crippen molar-refractivity contribution in [3.05, 3.63) is 0 Å². The Labute approximate surface area is 357 Å². The molecule has 1 amide bonds. The second-order valence-electron chi connectivity index (χ2n) is 18.5. The van der Waals surface area contributed by atoms with Crippen molar-refractivity contribution in [1.29, 1.82) is 0 Å². The number of carbonyl (C=O) groups is 1. The molecule has 57 heavy (non-hydrogen) atoms. The highest BCUT2D eigenvalue weighted by atomic mass is 16.3. The predicted molar refractivity (Wildman–Crippen MR) is 250 cm³/mol. The topological polar surface area (TPSA) is 89.8 Å². The summed E-state index contributed by atoms with van der Waals surface area (Å²) in [5.41, 5.74) is 0. The first-order valence-corrected chi connectivity index (χ1v) is 26.3. The van der Waals surface area contributed by atoms with E-state index in [1.165, 1.54) is 244 Å². The summed E-state index contributed by atoms with van der Waals surface area (Å²) in [5, 5.41) is 33.5. The molecule has 0 fully saturated rings. The Morgan fingerprint density at radius 2 is 0.561 bits per heavy atom. The third kappa shape index (κ3) is 43.3. The van der Waals surface area contributed by atoms with Crippen molar-refractivity contribution in [3.8, 4) is 0 Å². The smallest absolute Gasteiger partial charge is 0.249 e. The second kappa shape index (κ2) is 48.0. The molecule has 0 aromatic rings. The highest BCUT2D eigenvalue weighted by Gasteiger charge is 2.23. The van der Waals surface area contributed by atoms with Gasteiger partial charge in [-0.3, -0.25) is 4.79 Å². The molecule has 0 spiro atoms. The number of nitrogens with one attached hydrogen (secondary N) is 1. The zero-order valence-corrected chi connectivity index (χ0v) is 39.0. The molecule has 3 unspecified atom stereocenters. The zero-order chi connectivity index (χ0) is 41.5. The number of carbonyl (C=O) groups excluding carboxylic acids is 1. The zero-order valence-electron chi connectivity index (χ0n) is 39.0. The van der Waals surface area contributed by atoms with Gasteiger partial charge in [-0.25, -0.2) is 0 Å². The first-order chi connectivity index (χ1) is 28.1. The van der Waals surface area contributed by atoms with Crippen LogP contribution in [0.2, 0.25) is 0 Å². The van der Waals surface area contributed by atoms with Gasteiger partial charge in [0.05, 0.1) is 18.8 Å². The molecule has 0 aliphatic rings. The van der Waals surface area contributed by atoms with E-state index < -0.39 is 24.2 Å². The molecule has 5 heteroatoms. The number of hydrogen-bond donors (Lipinski definition) is 4. The number of rotatable bonds is 49. The average molecular weight is 808 g/mol. The molecule has 342 valence electrons. The van der Waals surface area contributed by atoms with Crippen molar-refractivity contribution in [2.24, 2.45) is 0 Å². The van der Waals surface area contributed by atoms with Crippen molar-refractivity contribution < 1.29 is 20.1 Å². The normalized spacial score (nSPS) is 13.3. The molecule has 0 aliphatic carbocycles. The minimum atomic E-state index is -1.07. The van der Waals surface area contributed by atoms with Crippen LogP contribution in [-0.4, -0.2) is 46.1 Å². The summed E-state index contributed by atoms with van der Waals surface area (Å²) in [6, 6.07) is -0.707. The van der Waals surface area contributed by atoms with Crippen molar-refractivity contribution in [2.45, 2.75) is 321 Å². The highest BCUT2D eigenvalue weighted by molar-refractivity contribution is 5.80. The second-order valence-corrected chi connectivity index (χ2v) is 18.5. The maximum Gasteiger partial charge on any atom is 0.249 e. The van der Waals surface area contributed by atoms with Crippen LogP contribution in [0.3, 0.4) is 0 Å². The number of amides is 1. The van der Waals surface area contributed by atoms with Crippen LogP contribution in [0.15, 0.2) is 0 Å². The van der Waals surface area contributed by atoms with E-state index in [4.69, 9.17) is 0 Å². The predicted octanol–water partition coefficient (Wildman–Crippen LogP) is 15.8. The maximum absolute atomic E-state index is 12.5. The molecule has 0 radical (unpaired) electrons. The van der Waals surface area contributed by atoms with E-state index in [2.05, 4.69) is 19.2 Å². The molecule has 0 heterocycles. The molecule has 4 N–H and O–H groups in total. The van der Waals surface area contributed by atoms with E-state index in [9.17, 15) is 20.1 Å². The van der Waals surface area contributed by atoms with Gasteiger partial charge in [0.15, 0.2) is 0 Å². The van der Waals surface area contributed by atoms with Gasteiger partial charge in [-0.05, 0) is 12.8 Å². The third-order valence-electron chi connectivity index (χ3n) is 12.7. The van der Waals surface area contributed by atoms with Gasteiger partial charge >= 0.3 is 0 Å². The summed E-state index contributed by atoms with van der Waals surface area (Å²) in [6.07, 6.45) is 57.0. The number of unbranched alkanes of at least 4 members (excludes halogenated alkanes) is 41. The van der Waals surface area contributed by atoms with Crippen LogP contribution >= 0.6 is 0 Å². The molecule has 0 aromatic carbocycles. The Balaban J connectivity index is 3.52. The van der Waals surface area contributed by atoms with Crippen LogP contribution < -0.4 is 5.32 Å². The van der Waals surface area contributed by atoms with Crippen LogP contribution in [0.5, 0.6) is 0 Å². The first kappa shape index (κ1) is 56.4. The van der Waals surface area contributed by atoms with Crippen molar-refractivity contribution in [2.75, 3.05) is 6.61 Å². The lowest BCUT2D eigenvalue weighted by atomic mass is 10.0. The standard InChI is InChI=1S/C52H105NO4/c1-3-5-7-9-11-13-15-17-19-21-23-25-27-29-31-33-35-37-39-41-43-45-47-51(56)52(57)53-49(48-54)50(55)46-44-42-40-38-36-34-32-30-28-26-24-22-20-18-16-14-12-10-8-6-4-2/h49-51,54-56H,3-48H2,1-2H3,(H,53,57). The van der Waals surface area contributed by atoms with Gasteiger partial charge in [-0.1, -0.05) is 290 Å². The minimum absolute atomic E-state index is 0.307. The third-order valence-corrected chi connectivity index (χ3v) is 12.7. The Morgan fingerprint density at radius 3 is 0.789 bits per heavy atom. The molecular formula is C52H105NO4. The van der Waals surface area contributed by atoms with E-state index in [1.807, 2.05) is 0 Å². The van der Waals surface area contributed by atoms with Gasteiger partial charge in [0.25, 0.3) is 0 Å². The molecule has 0 saturated heterocycles. The van der Waals surface area contributed by atoms with E-state index in [0.29, 0.717) is 12.8 Å². The highest BCUT2D eigenvalue weighted by Crippen LogP contribution is 2.18. The number of hydrogen-bond acceptors (Lipinski definition) is 4. The molecule has 3 atom stereocenters. The van der Waals surface area contributed by atoms with E-state index >= 15 is 0 Å². The molecule has 0 aromatic heterocycles. The van der Waals surface area contributed by atoms with Crippen molar-refractivity contribution >= 4 is 5.91 Å². The summed E-state index contributed by atoms with van der Waals surface area (Å²) < 4.78 is 0. The van der Waals surface area contributed by atoms with E-state index in [1.54, 1.807) is 0 Å². The fourth-order valence-electron chi connectivity index (χ4n) is 8.61. The van der Waals surface area contributed by atoms with E-state index in [-0.39, 0.29) is 6.61 Å².